The van der Waals surface area contributed by atoms with Gasteiger partial charge in [-0.2, -0.15) is 0 Å². The molecule has 0 aromatic heterocycles. The molecule has 2 aliphatic heterocycles. The van der Waals surface area contributed by atoms with Gasteiger partial charge in [0.15, 0.2) is 11.5 Å². The molecule has 0 bridgehead atoms. The molecular formula is C20H23N3O2. The monoisotopic (exact) mass is 337 g/mol. The van der Waals surface area contributed by atoms with E-state index < -0.39 is 0 Å². The Balaban J connectivity index is 2.43. The van der Waals surface area contributed by atoms with Crippen LogP contribution in [0.1, 0.15) is 13.3 Å². The Kier molecular flexibility index (Phi) is 6.77. The van der Waals surface area contributed by atoms with Crippen molar-refractivity contribution < 1.29 is 9.47 Å². The molecule has 0 aromatic carbocycles. The van der Waals surface area contributed by atoms with Crippen LogP contribution in [0.4, 0.5) is 0 Å². The topological polar surface area (TPSA) is 69.2 Å². The van der Waals surface area contributed by atoms with Crippen molar-refractivity contribution in [3.63, 3.8) is 0 Å². The summed E-state index contributed by atoms with van der Waals surface area (Å²) in [5, 5.41) is 0. The Hall–Kier alpha value is -3.08. The lowest BCUT2D eigenvalue weighted by atomic mass is 10.0. The van der Waals surface area contributed by atoms with Gasteiger partial charge in [0, 0.05) is 18.3 Å². The van der Waals surface area contributed by atoms with Crippen LogP contribution in [0.25, 0.3) is 0 Å². The molecule has 5 nitrogen and oxygen atoms in total. The fourth-order valence-electron chi connectivity index (χ4n) is 2.30. The van der Waals surface area contributed by atoms with Crippen molar-refractivity contribution in [3.8, 4) is 0 Å². The van der Waals surface area contributed by atoms with E-state index in [0.29, 0.717) is 24.5 Å². The summed E-state index contributed by atoms with van der Waals surface area (Å²) < 4.78 is 10.7. The van der Waals surface area contributed by atoms with Crippen LogP contribution >= 0.6 is 0 Å². The minimum absolute atomic E-state index is 0.192. The standard InChI is InChI=1S/C20H23N3O2/c1-4-9-22-18-10-16(12-20-15(3)24-14-25-20)11-19(23-13-18)17(5-2)7-6-8-21/h4-9,11-12H,2-3,10,13-14,21H2,1H3/b8-6+,9-4-,17-7+,20-12+,22-18?. The maximum atomic E-state index is 5.45. The zero-order chi connectivity index (χ0) is 18.1. The first-order valence-corrected chi connectivity index (χ1v) is 7.97. The van der Waals surface area contributed by atoms with Gasteiger partial charge < -0.3 is 15.2 Å². The Morgan fingerprint density at radius 1 is 1.40 bits per heavy atom. The van der Waals surface area contributed by atoms with E-state index in [1.54, 1.807) is 18.4 Å². The van der Waals surface area contributed by atoms with Gasteiger partial charge in [-0.15, -0.1) is 0 Å². The fraction of sp³-hybridized carbons (Fsp3) is 0.200. The molecule has 0 unspecified atom stereocenters. The Morgan fingerprint density at radius 2 is 2.24 bits per heavy atom. The highest BCUT2D eigenvalue weighted by atomic mass is 16.7. The van der Waals surface area contributed by atoms with E-state index in [4.69, 9.17) is 15.2 Å². The van der Waals surface area contributed by atoms with Crippen molar-refractivity contribution >= 4 is 11.4 Å². The largest absolute Gasteiger partial charge is 0.454 e. The van der Waals surface area contributed by atoms with E-state index in [1.807, 2.05) is 31.2 Å². The molecule has 5 heteroatoms. The second-order valence-electron chi connectivity index (χ2n) is 5.32. The summed E-state index contributed by atoms with van der Waals surface area (Å²) in [5.74, 6) is 1.16. The molecular weight excluding hydrogens is 314 g/mol. The minimum Gasteiger partial charge on any atom is -0.454 e. The van der Waals surface area contributed by atoms with Crippen LogP contribution < -0.4 is 5.73 Å². The lowest BCUT2D eigenvalue weighted by Crippen LogP contribution is -2.03. The molecule has 1 saturated heterocycles. The lowest BCUT2D eigenvalue weighted by Gasteiger charge is -2.03. The average molecular weight is 337 g/mol. The number of nitrogens with zero attached hydrogens (tertiary/aromatic N) is 2. The maximum Gasteiger partial charge on any atom is 0.231 e. The van der Waals surface area contributed by atoms with Crippen LogP contribution in [-0.2, 0) is 9.47 Å². The van der Waals surface area contributed by atoms with E-state index in [2.05, 4.69) is 23.1 Å². The van der Waals surface area contributed by atoms with Gasteiger partial charge in [-0.05, 0) is 42.5 Å². The molecule has 2 N–H and O–H groups in total. The molecule has 0 atom stereocenters. The first-order valence-electron chi connectivity index (χ1n) is 7.97. The molecule has 25 heavy (non-hydrogen) atoms. The molecule has 2 aliphatic rings. The van der Waals surface area contributed by atoms with Gasteiger partial charge in [-0.1, -0.05) is 31.4 Å². The molecule has 2 rings (SSSR count). The molecule has 130 valence electrons. The van der Waals surface area contributed by atoms with Crippen molar-refractivity contribution in [1.29, 1.82) is 0 Å². The zero-order valence-corrected chi connectivity index (χ0v) is 14.4. The van der Waals surface area contributed by atoms with Crippen molar-refractivity contribution in [2.24, 2.45) is 15.7 Å². The van der Waals surface area contributed by atoms with Gasteiger partial charge in [-0.3, -0.25) is 9.98 Å². The van der Waals surface area contributed by atoms with Gasteiger partial charge >= 0.3 is 0 Å². The number of ether oxygens (including phenoxy) is 2. The van der Waals surface area contributed by atoms with E-state index in [0.717, 1.165) is 22.6 Å². The summed E-state index contributed by atoms with van der Waals surface area (Å²) in [5.41, 5.74) is 9.09. The highest BCUT2D eigenvalue weighted by molar-refractivity contribution is 6.13. The Labute approximate surface area is 148 Å². The van der Waals surface area contributed by atoms with Crippen LogP contribution in [0.15, 0.2) is 94.7 Å². The summed E-state index contributed by atoms with van der Waals surface area (Å²) >= 11 is 0. The molecule has 1 fully saturated rings. The number of rotatable bonds is 5. The normalized spacial score (nSPS) is 22.1. The first-order chi connectivity index (χ1) is 12.2. The third-order valence-corrected chi connectivity index (χ3v) is 3.51. The number of aliphatic imine (C=N–C) groups is 2. The van der Waals surface area contributed by atoms with E-state index in [-0.39, 0.29) is 6.79 Å². The summed E-state index contributed by atoms with van der Waals surface area (Å²) in [4.78, 5) is 9.14. The van der Waals surface area contributed by atoms with Gasteiger partial charge in [0.1, 0.15) is 0 Å². The van der Waals surface area contributed by atoms with Gasteiger partial charge in [-0.25, -0.2) is 0 Å². The van der Waals surface area contributed by atoms with E-state index in [1.165, 1.54) is 6.20 Å². The summed E-state index contributed by atoms with van der Waals surface area (Å²) in [6, 6.07) is 0. The van der Waals surface area contributed by atoms with E-state index >= 15 is 0 Å². The highest BCUT2D eigenvalue weighted by Gasteiger charge is 2.17. The average Bonchev–Trinajstić information content (AvgIpc) is 2.90. The highest BCUT2D eigenvalue weighted by Crippen LogP contribution is 2.23. The van der Waals surface area contributed by atoms with Crippen LogP contribution in [0.3, 0.4) is 0 Å². The number of hydrogen-bond acceptors (Lipinski definition) is 5. The molecule has 0 amide bonds. The maximum absolute atomic E-state index is 5.45. The van der Waals surface area contributed by atoms with Crippen LogP contribution in [-0.4, -0.2) is 24.8 Å². The number of hydrogen-bond donors (Lipinski definition) is 1. The summed E-state index contributed by atoms with van der Waals surface area (Å²) in [6.45, 7) is 10.3. The van der Waals surface area contributed by atoms with Crippen molar-refractivity contribution in [3.05, 3.63) is 84.7 Å². The summed E-state index contributed by atoms with van der Waals surface area (Å²) in [7, 11) is 0. The third kappa shape index (κ3) is 5.21. The summed E-state index contributed by atoms with van der Waals surface area (Å²) in [6.07, 6.45) is 15.1. The fourth-order valence-corrected chi connectivity index (χ4v) is 2.30. The smallest absolute Gasteiger partial charge is 0.231 e. The lowest BCUT2D eigenvalue weighted by molar-refractivity contribution is 0.0980. The first kappa shape index (κ1) is 18.3. The number of nitrogens with two attached hydrogens (primary N) is 1. The third-order valence-electron chi connectivity index (χ3n) is 3.51. The molecule has 0 saturated carbocycles. The molecule has 0 radical (unpaired) electrons. The second-order valence-corrected chi connectivity index (χ2v) is 5.32. The van der Waals surface area contributed by atoms with Crippen molar-refractivity contribution in [2.45, 2.75) is 13.3 Å². The van der Waals surface area contributed by atoms with Crippen molar-refractivity contribution in [1.82, 2.24) is 0 Å². The second kappa shape index (κ2) is 9.27. The van der Waals surface area contributed by atoms with Crippen molar-refractivity contribution in [2.75, 3.05) is 13.3 Å². The quantitative estimate of drug-likeness (QED) is 0.777. The van der Waals surface area contributed by atoms with E-state index in [9.17, 15) is 0 Å². The number of allylic oxidation sites excluding steroid dienone is 8. The Morgan fingerprint density at radius 3 is 2.88 bits per heavy atom. The van der Waals surface area contributed by atoms with Gasteiger partial charge in [0.25, 0.3) is 0 Å². The van der Waals surface area contributed by atoms with Gasteiger partial charge in [0.05, 0.1) is 12.3 Å². The molecule has 0 aliphatic carbocycles. The predicted octanol–water partition coefficient (Wildman–Crippen LogP) is 3.72. The van der Waals surface area contributed by atoms with Crippen LogP contribution in [0.5, 0.6) is 0 Å². The van der Waals surface area contributed by atoms with Crippen LogP contribution in [0, 0.1) is 0 Å². The molecule has 0 spiro atoms. The molecule has 2 heterocycles. The predicted molar refractivity (Wildman–Crippen MR) is 103 cm³/mol. The van der Waals surface area contributed by atoms with Crippen LogP contribution in [0.2, 0.25) is 0 Å². The molecule has 0 aromatic rings. The van der Waals surface area contributed by atoms with Gasteiger partial charge in [0.2, 0.25) is 6.79 Å². The SMILES string of the molecule is C=C/C(=C\C=C\N)C1=NCC(=N/C=C\C)CC(/C=C2/OCOC2=C)=C1. The minimum atomic E-state index is 0.192. The Bertz CT molecular complexity index is 747. The zero-order valence-electron chi connectivity index (χ0n) is 14.4.